The third-order valence-corrected chi connectivity index (χ3v) is 1.61. The molecule has 2 aromatic heterocycles. The minimum Gasteiger partial charge on any atom is -0.495 e. The maximum atomic E-state index is 13.3. The highest BCUT2D eigenvalue weighted by atomic mass is 19.1. The number of rotatable bonds is 2. The van der Waals surface area contributed by atoms with Gasteiger partial charge < -0.3 is 9.15 Å². The van der Waals surface area contributed by atoms with Gasteiger partial charge in [-0.1, -0.05) is 0 Å². The Morgan fingerprint density at radius 1 is 1.50 bits per heavy atom. The highest BCUT2D eigenvalue weighted by Gasteiger charge is 2.12. The van der Waals surface area contributed by atoms with Crippen LogP contribution in [0.4, 0.5) is 4.39 Å². The normalized spacial score (nSPS) is 10.1. The Morgan fingerprint density at radius 2 is 2.36 bits per heavy atom. The molecule has 2 aromatic rings. The van der Waals surface area contributed by atoms with Crippen LogP contribution < -0.4 is 4.74 Å². The van der Waals surface area contributed by atoms with Gasteiger partial charge in [-0.15, -0.1) is 10.2 Å². The topological polar surface area (TPSA) is 61.0 Å². The van der Waals surface area contributed by atoms with E-state index >= 15 is 0 Å². The molecule has 0 fully saturated rings. The third kappa shape index (κ3) is 1.41. The quantitative estimate of drug-likeness (QED) is 0.722. The first-order valence-electron chi connectivity index (χ1n) is 3.77. The molecule has 2 rings (SSSR count). The lowest BCUT2D eigenvalue weighted by molar-refractivity contribution is 0.408. The van der Waals surface area contributed by atoms with Crippen LogP contribution >= 0.6 is 0 Å². The van der Waals surface area contributed by atoms with Gasteiger partial charge in [0.2, 0.25) is 6.39 Å². The van der Waals surface area contributed by atoms with E-state index in [0.29, 0.717) is 5.75 Å². The fourth-order valence-electron chi connectivity index (χ4n) is 0.966. The smallest absolute Gasteiger partial charge is 0.269 e. The Morgan fingerprint density at radius 3 is 2.93 bits per heavy atom. The second-order valence-electron chi connectivity index (χ2n) is 2.45. The van der Waals surface area contributed by atoms with Gasteiger partial charge in [-0.3, -0.25) is 0 Å². The lowest BCUT2D eigenvalue weighted by atomic mass is 10.3. The predicted molar refractivity (Wildman–Crippen MR) is 44.0 cm³/mol. The summed E-state index contributed by atoms with van der Waals surface area (Å²) in [6.07, 6.45) is 2.49. The van der Waals surface area contributed by atoms with E-state index in [-0.39, 0.29) is 11.6 Å². The minimum absolute atomic E-state index is 0.0169. The van der Waals surface area contributed by atoms with Gasteiger partial charge >= 0.3 is 0 Å². The first-order chi connectivity index (χ1) is 6.81. The summed E-state index contributed by atoms with van der Waals surface area (Å²) in [5, 5.41) is 6.97. The number of nitrogens with zero attached hydrogens (tertiary/aromatic N) is 3. The number of pyridine rings is 1. The summed E-state index contributed by atoms with van der Waals surface area (Å²) in [6, 6.07) is 1.20. The van der Waals surface area contributed by atoms with Crippen LogP contribution in [0.25, 0.3) is 11.6 Å². The van der Waals surface area contributed by atoms with E-state index in [1.807, 2.05) is 0 Å². The molecule has 0 amide bonds. The van der Waals surface area contributed by atoms with E-state index in [9.17, 15) is 4.39 Å². The highest BCUT2D eigenvalue weighted by molar-refractivity contribution is 5.48. The molecule has 0 saturated heterocycles. The number of hydrogen-bond acceptors (Lipinski definition) is 5. The van der Waals surface area contributed by atoms with E-state index in [2.05, 4.69) is 15.2 Å². The Kier molecular flexibility index (Phi) is 2.10. The number of halogens is 1. The molecular weight excluding hydrogens is 189 g/mol. The van der Waals surface area contributed by atoms with Gasteiger partial charge in [0.05, 0.1) is 13.3 Å². The van der Waals surface area contributed by atoms with Gasteiger partial charge in [0, 0.05) is 6.07 Å². The van der Waals surface area contributed by atoms with Crippen LogP contribution in [0.2, 0.25) is 0 Å². The van der Waals surface area contributed by atoms with E-state index in [1.54, 1.807) is 0 Å². The fourth-order valence-corrected chi connectivity index (χ4v) is 0.966. The van der Waals surface area contributed by atoms with Crippen molar-refractivity contribution in [2.75, 3.05) is 7.11 Å². The van der Waals surface area contributed by atoms with Crippen LogP contribution in [0, 0.1) is 5.82 Å². The fraction of sp³-hybridized carbons (Fsp3) is 0.125. The molecule has 5 nitrogen and oxygen atoms in total. The molecular formula is C8H6FN3O2. The number of hydrogen-bond donors (Lipinski definition) is 0. The van der Waals surface area contributed by atoms with Gasteiger partial charge in [-0.2, -0.15) is 0 Å². The third-order valence-electron chi connectivity index (χ3n) is 1.61. The SMILES string of the molecule is COc1cnc(-c2nnco2)c(F)c1. The second-order valence-corrected chi connectivity index (χ2v) is 2.45. The van der Waals surface area contributed by atoms with Crippen molar-refractivity contribution in [2.45, 2.75) is 0 Å². The maximum absolute atomic E-state index is 13.3. The molecule has 6 heteroatoms. The van der Waals surface area contributed by atoms with Crippen LogP contribution in [0.1, 0.15) is 0 Å². The van der Waals surface area contributed by atoms with Crippen molar-refractivity contribution < 1.29 is 13.5 Å². The summed E-state index contributed by atoms with van der Waals surface area (Å²) >= 11 is 0. The van der Waals surface area contributed by atoms with E-state index in [1.165, 1.54) is 19.4 Å². The molecule has 0 spiro atoms. The monoisotopic (exact) mass is 195 g/mol. The first-order valence-corrected chi connectivity index (χ1v) is 3.77. The second kappa shape index (κ2) is 3.41. The average Bonchev–Trinajstić information content (AvgIpc) is 2.70. The summed E-state index contributed by atoms with van der Waals surface area (Å²) in [5.41, 5.74) is 0.0169. The van der Waals surface area contributed by atoms with Crippen molar-refractivity contribution in [3.05, 3.63) is 24.5 Å². The zero-order valence-electron chi connectivity index (χ0n) is 7.27. The molecule has 0 aromatic carbocycles. The summed E-state index contributed by atoms with van der Waals surface area (Å²) < 4.78 is 22.9. The predicted octanol–water partition coefficient (Wildman–Crippen LogP) is 1.28. The molecule has 0 unspecified atom stereocenters. The van der Waals surface area contributed by atoms with Gasteiger partial charge in [0.25, 0.3) is 5.89 Å². The van der Waals surface area contributed by atoms with Crippen molar-refractivity contribution in [1.82, 2.24) is 15.2 Å². The van der Waals surface area contributed by atoms with Crippen molar-refractivity contribution in [2.24, 2.45) is 0 Å². The summed E-state index contributed by atoms with van der Waals surface area (Å²) in [5.74, 6) is -0.176. The largest absolute Gasteiger partial charge is 0.495 e. The maximum Gasteiger partial charge on any atom is 0.269 e. The molecule has 0 N–H and O–H groups in total. The Hall–Kier alpha value is -1.98. The van der Waals surface area contributed by atoms with Crippen LogP contribution in [-0.2, 0) is 0 Å². The van der Waals surface area contributed by atoms with Crippen LogP contribution in [-0.4, -0.2) is 22.3 Å². The van der Waals surface area contributed by atoms with Crippen molar-refractivity contribution in [3.63, 3.8) is 0 Å². The molecule has 0 saturated carbocycles. The standard InChI is InChI=1S/C8H6FN3O2/c1-13-5-2-6(9)7(10-3-5)8-12-11-4-14-8/h2-4H,1H3. The van der Waals surface area contributed by atoms with Gasteiger partial charge in [-0.25, -0.2) is 9.37 Å². The lowest BCUT2D eigenvalue weighted by Gasteiger charge is -2.00. The minimum atomic E-state index is -0.561. The van der Waals surface area contributed by atoms with Gasteiger partial charge in [0.15, 0.2) is 11.5 Å². The number of ether oxygens (including phenoxy) is 1. The highest BCUT2D eigenvalue weighted by Crippen LogP contribution is 2.20. The van der Waals surface area contributed by atoms with E-state index in [4.69, 9.17) is 9.15 Å². The summed E-state index contributed by atoms with van der Waals surface area (Å²) in [4.78, 5) is 3.80. The van der Waals surface area contributed by atoms with Crippen LogP contribution in [0.15, 0.2) is 23.1 Å². The molecule has 72 valence electrons. The van der Waals surface area contributed by atoms with Crippen LogP contribution in [0.5, 0.6) is 5.75 Å². The van der Waals surface area contributed by atoms with E-state index < -0.39 is 5.82 Å². The Bertz CT molecular complexity index is 430. The Balaban J connectivity index is 2.46. The molecule has 0 atom stereocenters. The van der Waals surface area contributed by atoms with Gasteiger partial charge in [0.1, 0.15) is 5.75 Å². The average molecular weight is 195 g/mol. The van der Waals surface area contributed by atoms with Crippen LogP contribution in [0.3, 0.4) is 0 Å². The summed E-state index contributed by atoms with van der Waals surface area (Å²) in [6.45, 7) is 0. The lowest BCUT2D eigenvalue weighted by Crippen LogP contribution is -1.92. The van der Waals surface area contributed by atoms with E-state index in [0.717, 1.165) is 6.39 Å². The molecule has 0 radical (unpaired) electrons. The summed E-state index contributed by atoms with van der Waals surface area (Å²) in [7, 11) is 1.43. The van der Waals surface area contributed by atoms with Crippen molar-refractivity contribution in [3.8, 4) is 17.3 Å². The first kappa shape index (κ1) is 8.61. The van der Waals surface area contributed by atoms with Crippen molar-refractivity contribution in [1.29, 1.82) is 0 Å². The molecule has 0 aliphatic rings. The Labute approximate surface area is 78.6 Å². The zero-order chi connectivity index (χ0) is 9.97. The number of aromatic nitrogens is 3. The molecule has 14 heavy (non-hydrogen) atoms. The molecule has 0 bridgehead atoms. The van der Waals surface area contributed by atoms with Crippen molar-refractivity contribution >= 4 is 0 Å². The zero-order valence-corrected chi connectivity index (χ0v) is 7.27. The molecule has 0 aliphatic heterocycles. The number of methoxy groups -OCH3 is 1. The molecule has 2 heterocycles. The van der Waals surface area contributed by atoms with Gasteiger partial charge in [-0.05, 0) is 0 Å². The molecule has 0 aliphatic carbocycles.